The molecule has 0 fully saturated rings. The standard InChI is InChI=1S/C78H46N8/c1-79-59-26-16-23-52(43-59)56-35-39-66(74(48-56)85-70-33-14-12-30-63(70)68-46-54(37-41-72(68)85)50-19-6-4-7-20-50)77-82-76(65-32-11-10-29-62(65)58-25-18-28-61(45-58)81-3)83-78(84-77)67-40-36-57(53-24-17-27-60(44-53)80-2)49-75(67)86-71-34-15-13-31-64(71)69-47-55(38-42-73(69)86)51-21-8-5-9-22-51/h4-49H. The van der Waals surface area contributed by atoms with E-state index < -0.39 is 0 Å². The highest BCUT2D eigenvalue weighted by Gasteiger charge is 2.25. The van der Waals surface area contributed by atoms with Gasteiger partial charge in [-0.3, -0.25) is 0 Å². The Morgan fingerprint density at radius 3 is 1.03 bits per heavy atom. The Labute approximate surface area is 496 Å². The van der Waals surface area contributed by atoms with E-state index >= 15 is 0 Å². The van der Waals surface area contributed by atoms with Gasteiger partial charge in [-0.05, 0) is 134 Å². The predicted octanol–water partition coefficient (Wildman–Crippen LogP) is 21.1. The van der Waals surface area contributed by atoms with Gasteiger partial charge in [0, 0.05) is 38.2 Å². The summed E-state index contributed by atoms with van der Waals surface area (Å²) in [7, 11) is 0. The summed E-state index contributed by atoms with van der Waals surface area (Å²) in [6.07, 6.45) is 0. The highest BCUT2D eigenvalue weighted by molar-refractivity contribution is 6.12. The lowest BCUT2D eigenvalue weighted by atomic mass is 9.98. The lowest BCUT2D eigenvalue weighted by Gasteiger charge is -2.19. The molecular formula is C78H46N8. The molecule has 86 heavy (non-hydrogen) atoms. The summed E-state index contributed by atoms with van der Waals surface area (Å²) >= 11 is 0. The first-order valence-electron chi connectivity index (χ1n) is 28.2. The smallest absolute Gasteiger partial charge is 0.187 e. The molecule has 0 saturated heterocycles. The van der Waals surface area contributed by atoms with Crippen LogP contribution in [0.5, 0.6) is 0 Å². The van der Waals surface area contributed by atoms with Gasteiger partial charge < -0.3 is 9.13 Å². The van der Waals surface area contributed by atoms with Gasteiger partial charge in [0.25, 0.3) is 0 Å². The maximum absolute atomic E-state index is 7.97. The van der Waals surface area contributed by atoms with Crippen LogP contribution in [0.4, 0.5) is 17.1 Å². The average Bonchev–Trinajstić information content (AvgIpc) is 1.63. The molecule has 8 nitrogen and oxygen atoms in total. The predicted molar refractivity (Wildman–Crippen MR) is 351 cm³/mol. The molecule has 0 aliphatic rings. The molecule has 15 rings (SSSR count). The summed E-state index contributed by atoms with van der Waals surface area (Å²) in [5.41, 5.74) is 19.4. The molecule has 398 valence electrons. The van der Waals surface area contributed by atoms with Crippen LogP contribution in [0.2, 0.25) is 0 Å². The van der Waals surface area contributed by atoms with Gasteiger partial charge in [0.1, 0.15) is 0 Å². The van der Waals surface area contributed by atoms with Crippen LogP contribution in [0.3, 0.4) is 0 Å². The molecule has 0 unspecified atom stereocenters. The Morgan fingerprint density at radius 1 is 0.233 bits per heavy atom. The summed E-state index contributed by atoms with van der Waals surface area (Å²) < 4.78 is 4.65. The Hall–Kier alpha value is -12.3. The topological polar surface area (TPSA) is 61.6 Å². The van der Waals surface area contributed by atoms with E-state index in [1.807, 2.05) is 103 Å². The fourth-order valence-electron chi connectivity index (χ4n) is 12.2. The van der Waals surface area contributed by atoms with Crippen molar-refractivity contribution in [1.82, 2.24) is 24.1 Å². The summed E-state index contributed by atoms with van der Waals surface area (Å²) in [6.45, 7) is 23.9. The molecule has 0 aliphatic carbocycles. The summed E-state index contributed by atoms with van der Waals surface area (Å²) in [4.78, 5) is 28.3. The van der Waals surface area contributed by atoms with Crippen molar-refractivity contribution in [3.63, 3.8) is 0 Å². The fraction of sp³-hybridized carbons (Fsp3) is 0. The normalized spacial score (nSPS) is 11.2. The lowest BCUT2D eigenvalue weighted by Crippen LogP contribution is -2.06. The fourth-order valence-corrected chi connectivity index (χ4v) is 12.2. The van der Waals surface area contributed by atoms with Crippen molar-refractivity contribution < 1.29 is 0 Å². The van der Waals surface area contributed by atoms with Crippen LogP contribution in [0.1, 0.15) is 0 Å². The third kappa shape index (κ3) is 8.90. The Kier molecular flexibility index (Phi) is 12.5. The van der Waals surface area contributed by atoms with E-state index in [0.717, 1.165) is 127 Å². The van der Waals surface area contributed by atoms with Gasteiger partial charge in [-0.25, -0.2) is 29.5 Å². The molecule has 0 amide bonds. The van der Waals surface area contributed by atoms with Crippen LogP contribution in [0.25, 0.3) is 159 Å². The molecule has 0 bridgehead atoms. The number of hydrogen-bond donors (Lipinski definition) is 0. The van der Waals surface area contributed by atoms with Crippen molar-refractivity contribution in [3.8, 4) is 101 Å². The molecule has 0 atom stereocenters. The zero-order chi connectivity index (χ0) is 57.7. The summed E-state index contributed by atoms with van der Waals surface area (Å²) in [6, 6.07) is 95.4. The molecule has 8 heteroatoms. The van der Waals surface area contributed by atoms with E-state index in [1.54, 1.807) is 0 Å². The molecule has 0 aliphatic heterocycles. The van der Waals surface area contributed by atoms with Crippen molar-refractivity contribution >= 4 is 60.7 Å². The van der Waals surface area contributed by atoms with Gasteiger partial charge in [0.2, 0.25) is 0 Å². The second-order valence-electron chi connectivity index (χ2n) is 21.2. The van der Waals surface area contributed by atoms with Gasteiger partial charge in [-0.1, -0.05) is 200 Å². The molecule has 0 spiro atoms. The molecule has 0 N–H and O–H groups in total. The largest absolute Gasteiger partial charge is 0.308 e. The first-order chi connectivity index (χ1) is 42.5. The highest BCUT2D eigenvalue weighted by Crippen LogP contribution is 2.44. The Balaban J connectivity index is 1.04. The van der Waals surface area contributed by atoms with E-state index in [-0.39, 0.29) is 0 Å². The van der Waals surface area contributed by atoms with Crippen molar-refractivity contribution in [2.45, 2.75) is 0 Å². The van der Waals surface area contributed by atoms with Crippen LogP contribution in [0.15, 0.2) is 279 Å². The van der Waals surface area contributed by atoms with Crippen LogP contribution in [0, 0.1) is 19.7 Å². The number of para-hydroxylation sites is 2. The van der Waals surface area contributed by atoms with Gasteiger partial charge in [0.05, 0.1) is 53.2 Å². The second kappa shape index (κ2) is 21.2. The third-order valence-electron chi connectivity index (χ3n) is 16.2. The number of aromatic nitrogens is 5. The average molecular weight is 1100 g/mol. The van der Waals surface area contributed by atoms with E-state index in [0.29, 0.717) is 34.5 Å². The van der Waals surface area contributed by atoms with Crippen molar-refractivity contribution in [2.75, 3.05) is 0 Å². The molecule has 15 aromatic rings. The van der Waals surface area contributed by atoms with Gasteiger partial charge in [-0.15, -0.1) is 0 Å². The number of benzene rings is 12. The van der Waals surface area contributed by atoms with Crippen molar-refractivity contribution in [2.24, 2.45) is 0 Å². The molecular weight excluding hydrogens is 1050 g/mol. The minimum absolute atomic E-state index is 0.438. The quantitative estimate of drug-likeness (QED) is 0.128. The van der Waals surface area contributed by atoms with Crippen molar-refractivity contribution in [3.05, 3.63) is 313 Å². The monoisotopic (exact) mass is 1090 g/mol. The van der Waals surface area contributed by atoms with Gasteiger partial charge in [-0.2, -0.15) is 0 Å². The van der Waals surface area contributed by atoms with E-state index in [1.165, 1.54) is 0 Å². The molecule has 3 aromatic heterocycles. The van der Waals surface area contributed by atoms with Gasteiger partial charge in [0.15, 0.2) is 34.5 Å². The highest BCUT2D eigenvalue weighted by atomic mass is 15.1. The van der Waals surface area contributed by atoms with Gasteiger partial charge >= 0.3 is 0 Å². The summed E-state index contributed by atoms with van der Waals surface area (Å²) in [5.74, 6) is 1.32. The maximum Gasteiger partial charge on any atom is 0.187 e. The van der Waals surface area contributed by atoms with Crippen LogP contribution in [-0.2, 0) is 0 Å². The molecule has 12 aromatic carbocycles. The molecule has 0 saturated carbocycles. The van der Waals surface area contributed by atoms with E-state index in [4.69, 9.17) is 34.7 Å². The Morgan fingerprint density at radius 2 is 0.570 bits per heavy atom. The lowest BCUT2D eigenvalue weighted by molar-refractivity contribution is 1.06. The maximum atomic E-state index is 7.97. The zero-order valence-electron chi connectivity index (χ0n) is 46.1. The second-order valence-corrected chi connectivity index (χ2v) is 21.2. The van der Waals surface area contributed by atoms with Crippen molar-refractivity contribution in [1.29, 1.82) is 0 Å². The third-order valence-corrected chi connectivity index (χ3v) is 16.2. The number of rotatable bonds is 10. The van der Waals surface area contributed by atoms with Crippen LogP contribution >= 0.6 is 0 Å². The zero-order valence-corrected chi connectivity index (χ0v) is 46.1. The van der Waals surface area contributed by atoms with Crippen LogP contribution in [-0.4, -0.2) is 24.1 Å². The summed E-state index contributed by atoms with van der Waals surface area (Å²) in [5, 5.41) is 4.37. The SMILES string of the molecule is [C-]#[N+]c1cccc(-c2ccc(-c3nc(-c4ccccc4-c4cccc([N+]#[C-])c4)nc(-c4ccc(-c5cccc([N+]#[C-])c5)cc4-n4c5ccccc5c5cc(-c6ccccc6)ccc54)n3)c(-n3c4ccccc4c4cc(-c5ccccc5)ccc43)c2)c1. The number of hydrogen-bond acceptors (Lipinski definition) is 3. The van der Waals surface area contributed by atoms with E-state index in [2.05, 4.69) is 200 Å². The first kappa shape index (κ1) is 50.7. The van der Waals surface area contributed by atoms with Crippen LogP contribution < -0.4 is 0 Å². The number of nitrogens with zero attached hydrogens (tertiary/aromatic N) is 8. The molecule has 3 heterocycles. The minimum atomic E-state index is 0.438. The first-order valence-corrected chi connectivity index (χ1v) is 28.2. The van der Waals surface area contributed by atoms with E-state index in [9.17, 15) is 0 Å². The Bertz CT molecular complexity index is 5060. The number of fused-ring (bicyclic) bond motifs is 6. The minimum Gasteiger partial charge on any atom is -0.308 e. The molecule has 0 radical (unpaired) electrons.